The van der Waals surface area contributed by atoms with Gasteiger partial charge in [-0.15, -0.1) is 0 Å². The summed E-state index contributed by atoms with van der Waals surface area (Å²) in [7, 11) is 0. The van der Waals surface area contributed by atoms with Crippen molar-refractivity contribution >= 4 is 5.97 Å². The molecule has 74 valence electrons. The highest BCUT2D eigenvalue weighted by Crippen LogP contribution is 1.92. The number of aliphatic hydroxyl groups is 1. The first-order chi connectivity index (χ1) is 5.72. The van der Waals surface area contributed by atoms with Crippen molar-refractivity contribution in [3.8, 4) is 0 Å². The zero-order valence-electron chi connectivity index (χ0n) is 7.47. The number of carbonyl (C=O) groups is 1. The molecular weight excluding hydrogens is 172 g/mol. The van der Waals surface area contributed by atoms with E-state index in [0.29, 0.717) is 0 Å². The van der Waals surface area contributed by atoms with Crippen molar-refractivity contribution in [3.05, 3.63) is 30.1 Å². The van der Waals surface area contributed by atoms with Gasteiger partial charge in [0.25, 0.3) is 0 Å². The lowest BCUT2D eigenvalue weighted by Gasteiger charge is -1.87. The predicted molar refractivity (Wildman–Crippen MR) is 49.0 cm³/mol. The Balaban J connectivity index is 0. The third-order valence-corrected chi connectivity index (χ3v) is 0.908. The molecule has 5 heteroatoms. The van der Waals surface area contributed by atoms with Crippen LogP contribution in [0.4, 0.5) is 0 Å². The lowest BCUT2D eigenvalue weighted by Crippen LogP contribution is -1.94. The lowest BCUT2D eigenvalue weighted by atomic mass is 10.3. The smallest absolute Gasteiger partial charge is 0.337 e. The molecule has 0 unspecified atom stereocenters. The van der Waals surface area contributed by atoms with E-state index in [2.05, 4.69) is 4.98 Å². The van der Waals surface area contributed by atoms with E-state index in [1.165, 1.54) is 18.5 Å². The highest BCUT2D eigenvalue weighted by Gasteiger charge is 1.97. The number of pyridine rings is 1. The van der Waals surface area contributed by atoms with Crippen LogP contribution in [0.15, 0.2) is 24.5 Å². The zero-order valence-corrected chi connectivity index (χ0v) is 7.47. The first kappa shape index (κ1) is 14.1. The zero-order chi connectivity index (χ0) is 9.40. The molecule has 0 saturated heterocycles. The Labute approximate surface area is 76.6 Å². The van der Waals surface area contributed by atoms with E-state index in [9.17, 15) is 4.79 Å². The fraction of sp³-hybridized carbons (Fsp3) is 0.250. The molecule has 1 heterocycles. The van der Waals surface area contributed by atoms with Crippen LogP contribution < -0.4 is 6.15 Å². The Morgan fingerprint density at radius 3 is 2.38 bits per heavy atom. The molecule has 0 aromatic carbocycles. The van der Waals surface area contributed by atoms with Crippen LogP contribution in [0, 0.1) is 0 Å². The minimum absolute atomic E-state index is 0. The molecule has 13 heavy (non-hydrogen) atoms. The van der Waals surface area contributed by atoms with Gasteiger partial charge in [0.2, 0.25) is 0 Å². The molecule has 0 amide bonds. The van der Waals surface area contributed by atoms with E-state index < -0.39 is 5.97 Å². The largest absolute Gasteiger partial charge is 0.478 e. The first-order valence-electron chi connectivity index (χ1n) is 3.46. The molecule has 0 radical (unpaired) electrons. The van der Waals surface area contributed by atoms with Crippen LogP contribution in [0.1, 0.15) is 17.3 Å². The first-order valence-corrected chi connectivity index (χ1v) is 3.46. The fourth-order valence-electron chi connectivity index (χ4n) is 0.489. The maximum absolute atomic E-state index is 10.2. The second kappa shape index (κ2) is 8.63. The van der Waals surface area contributed by atoms with Crippen LogP contribution in [0.3, 0.4) is 0 Å². The average molecular weight is 186 g/mol. The van der Waals surface area contributed by atoms with Crippen molar-refractivity contribution < 1.29 is 15.0 Å². The topological polar surface area (TPSA) is 105 Å². The number of rotatable bonds is 1. The molecule has 0 aliphatic carbocycles. The summed E-state index contributed by atoms with van der Waals surface area (Å²) in [6.45, 7) is 1.93. The molecule has 0 aliphatic heterocycles. The number of hydrogen-bond donors (Lipinski definition) is 3. The second-order valence-electron chi connectivity index (χ2n) is 1.86. The predicted octanol–water partition coefficient (Wildman–Crippen LogP) is 0.940. The highest BCUT2D eigenvalue weighted by molar-refractivity contribution is 5.86. The molecular formula is C8H14N2O3. The van der Waals surface area contributed by atoms with Gasteiger partial charge in [-0.25, -0.2) is 4.79 Å². The standard InChI is InChI=1S/C6H5NO2.C2H6O.H3N/c8-6(9)5-2-1-3-7-4-5;1-2-3;/h1-4H,(H,8,9);3H,2H2,1H3;1H3. The number of aliphatic hydroxyl groups excluding tert-OH is 1. The lowest BCUT2D eigenvalue weighted by molar-refractivity contribution is 0.0696. The van der Waals surface area contributed by atoms with Crippen LogP contribution >= 0.6 is 0 Å². The van der Waals surface area contributed by atoms with Crippen molar-refractivity contribution in [1.29, 1.82) is 0 Å². The molecule has 0 saturated carbocycles. The van der Waals surface area contributed by atoms with Crippen molar-refractivity contribution in [3.63, 3.8) is 0 Å². The van der Waals surface area contributed by atoms with Gasteiger partial charge in [0.15, 0.2) is 0 Å². The molecule has 5 nitrogen and oxygen atoms in total. The van der Waals surface area contributed by atoms with Crippen LogP contribution in [-0.4, -0.2) is 27.8 Å². The van der Waals surface area contributed by atoms with E-state index in [1.54, 1.807) is 13.0 Å². The quantitative estimate of drug-likeness (QED) is 0.605. The van der Waals surface area contributed by atoms with Gasteiger partial charge in [0.1, 0.15) is 0 Å². The minimum atomic E-state index is -0.942. The normalized spacial score (nSPS) is 7.54. The van der Waals surface area contributed by atoms with Crippen LogP contribution in [-0.2, 0) is 0 Å². The van der Waals surface area contributed by atoms with Crippen molar-refractivity contribution in [1.82, 2.24) is 11.1 Å². The number of aromatic carboxylic acids is 1. The average Bonchev–Trinajstić information content (AvgIpc) is 2.07. The van der Waals surface area contributed by atoms with E-state index >= 15 is 0 Å². The van der Waals surface area contributed by atoms with Crippen LogP contribution in [0.2, 0.25) is 0 Å². The Morgan fingerprint density at radius 1 is 1.62 bits per heavy atom. The molecule has 1 rings (SSSR count). The highest BCUT2D eigenvalue weighted by atomic mass is 16.4. The molecule has 0 aliphatic rings. The maximum atomic E-state index is 10.2. The van der Waals surface area contributed by atoms with Gasteiger partial charge >= 0.3 is 5.97 Å². The van der Waals surface area contributed by atoms with E-state index in [0.717, 1.165) is 0 Å². The number of carboxylic acid groups (broad SMARTS) is 1. The van der Waals surface area contributed by atoms with Crippen LogP contribution in [0.5, 0.6) is 0 Å². The minimum Gasteiger partial charge on any atom is -0.478 e. The number of hydrogen-bond acceptors (Lipinski definition) is 4. The van der Waals surface area contributed by atoms with Gasteiger partial charge < -0.3 is 16.4 Å². The number of nitrogens with zero attached hydrogens (tertiary/aromatic N) is 1. The summed E-state index contributed by atoms with van der Waals surface area (Å²) >= 11 is 0. The van der Waals surface area contributed by atoms with Crippen molar-refractivity contribution in [2.75, 3.05) is 6.61 Å². The van der Waals surface area contributed by atoms with E-state index in [-0.39, 0.29) is 18.3 Å². The molecule has 5 N–H and O–H groups in total. The molecule has 1 aromatic heterocycles. The van der Waals surface area contributed by atoms with Crippen molar-refractivity contribution in [2.45, 2.75) is 6.92 Å². The van der Waals surface area contributed by atoms with Crippen LogP contribution in [0.25, 0.3) is 0 Å². The second-order valence-corrected chi connectivity index (χ2v) is 1.86. The third-order valence-electron chi connectivity index (χ3n) is 0.908. The SMILES string of the molecule is CCO.N.O=C(O)c1cccnc1. The summed E-state index contributed by atoms with van der Waals surface area (Å²) in [4.78, 5) is 13.8. The summed E-state index contributed by atoms with van der Waals surface area (Å²) in [5.41, 5.74) is 0.220. The Kier molecular flexibility index (Phi) is 9.36. The summed E-state index contributed by atoms with van der Waals surface area (Å²) < 4.78 is 0. The molecule has 0 fully saturated rings. The molecule has 0 atom stereocenters. The molecule has 0 bridgehead atoms. The number of aromatic nitrogens is 1. The summed E-state index contributed by atoms with van der Waals surface area (Å²) in [5, 5.41) is 15.9. The fourth-order valence-corrected chi connectivity index (χ4v) is 0.489. The molecule has 1 aromatic rings. The van der Waals surface area contributed by atoms with E-state index in [4.69, 9.17) is 10.2 Å². The Hall–Kier alpha value is -1.46. The van der Waals surface area contributed by atoms with Gasteiger partial charge in [-0.1, -0.05) is 0 Å². The van der Waals surface area contributed by atoms with Crippen molar-refractivity contribution in [2.24, 2.45) is 0 Å². The number of carboxylic acids is 1. The Bertz CT molecular complexity index is 226. The van der Waals surface area contributed by atoms with Gasteiger partial charge in [-0.3, -0.25) is 4.98 Å². The van der Waals surface area contributed by atoms with Gasteiger partial charge in [0, 0.05) is 19.0 Å². The summed E-state index contributed by atoms with van der Waals surface area (Å²) in [6.07, 6.45) is 2.84. The van der Waals surface area contributed by atoms with Gasteiger partial charge in [-0.2, -0.15) is 0 Å². The summed E-state index contributed by atoms with van der Waals surface area (Å²) in [5.74, 6) is -0.942. The molecule has 0 spiro atoms. The Morgan fingerprint density at radius 2 is 2.15 bits per heavy atom. The van der Waals surface area contributed by atoms with Gasteiger partial charge in [-0.05, 0) is 19.1 Å². The van der Waals surface area contributed by atoms with E-state index in [1.807, 2.05) is 0 Å². The third kappa shape index (κ3) is 6.92. The monoisotopic (exact) mass is 186 g/mol. The maximum Gasteiger partial charge on any atom is 0.337 e. The van der Waals surface area contributed by atoms with Gasteiger partial charge in [0.05, 0.1) is 5.56 Å². The summed E-state index contributed by atoms with van der Waals surface area (Å²) in [6, 6.07) is 3.08.